The minimum absolute atomic E-state index is 0.0792. The van der Waals surface area contributed by atoms with Crippen LogP contribution in [0.15, 0.2) is 12.2 Å². The molecule has 1 atom stereocenters. The largest absolute Gasteiger partial charge is 0.444 e. The fourth-order valence-electron chi connectivity index (χ4n) is 1.44. The minimum Gasteiger partial charge on any atom is -0.444 e. The molecule has 1 heterocycles. The standard InChI is InChI=1S/C12H22N2O2/c1-9(13)5-6-10-7-14(8-10)11(15)16-12(2,3)4/h5-6,9-10H,7-8,13H2,1-4H3/b6-5+. The number of carbonyl (C=O) groups is 1. The van der Waals surface area contributed by atoms with E-state index in [4.69, 9.17) is 10.5 Å². The Morgan fingerprint density at radius 3 is 2.50 bits per heavy atom. The van der Waals surface area contributed by atoms with E-state index < -0.39 is 5.60 Å². The Morgan fingerprint density at radius 2 is 2.06 bits per heavy atom. The van der Waals surface area contributed by atoms with Crippen LogP contribution < -0.4 is 5.73 Å². The van der Waals surface area contributed by atoms with Gasteiger partial charge >= 0.3 is 6.09 Å². The van der Waals surface area contributed by atoms with Gasteiger partial charge in [0.25, 0.3) is 0 Å². The summed E-state index contributed by atoms with van der Waals surface area (Å²) in [4.78, 5) is 13.3. The molecule has 0 aromatic heterocycles. The number of ether oxygens (including phenoxy) is 1. The fraction of sp³-hybridized carbons (Fsp3) is 0.750. The van der Waals surface area contributed by atoms with Gasteiger partial charge in [0.05, 0.1) is 0 Å². The topological polar surface area (TPSA) is 55.6 Å². The van der Waals surface area contributed by atoms with Crippen LogP contribution >= 0.6 is 0 Å². The predicted molar refractivity (Wildman–Crippen MR) is 64.1 cm³/mol. The lowest BCUT2D eigenvalue weighted by Crippen LogP contribution is -2.50. The van der Waals surface area contributed by atoms with E-state index in [1.54, 1.807) is 4.90 Å². The average molecular weight is 226 g/mol. The summed E-state index contributed by atoms with van der Waals surface area (Å²) >= 11 is 0. The molecule has 16 heavy (non-hydrogen) atoms. The number of carbonyl (C=O) groups excluding carboxylic acids is 1. The number of nitrogens with two attached hydrogens (primary N) is 1. The number of hydrogen-bond acceptors (Lipinski definition) is 3. The Balaban J connectivity index is 2.28. The molecule has 0 bridgehead atoms. The smallest absolute Gasteiger partial charge is 0.410 e. The number of nitrogens with zero attached hydrogens (tertiary/aromatic N) is 1. The maximum absolute atomic E-state index is 11.6. The highest BCUT2D eigenvalue weighted by atomic mass is 16.6. The molecule has 1 saturated heterocycles. The van der Waals surface area contributed by atoms with E-state index in [-0.39, 0.29) is 12.1 Å². The summed E-state index contributed by atoms with van der Waals surface area (Å²) in [5, 5.41) is 0. The highest BCUT2D eigenvalue weighted by Gasteiger charge is 2.31. The third kappa shape index (κ3) is 4.23. The Labute approximate surface area is 97.4 Å². The van der Waals surface area contributed by atoms with Crippen LogP contribution in [0, 0.1) is 5.92 Å². The number of hydrogen-bond donors (Lipinski definition) is 1. The Bertz CT molecular complexity index is 273. The van der Waals surface area contributed by atoms with Crippen molar-refractivity contribution in [2.24, 2.45) is 11.7 Å². The Hall–Kier alpha value is -1.03. The van der Waals surface area contributed by atoms with Crippen LogP contribution in [0.25, 0.3) is 0 Å². The van der Waals surface area contributed by atoms with Crippen LogP contribution in [-0.2, 0) is 4.74 Å². The van der Waals surface area contributed by atoms with Crippen molar-refractivity contribution < 1.29 is 9.53 Å². The van der Waals surface area contributed by atoms with Gasteiger partial charge in [-0.15, -0.1) is 0 Å². The van der Waals surface area contributed by atoms with Crippen LogP contribution in [0.1, 0.15) is 27.7 Å². The highest BCUT2D eigenvalue weighted by Crippen LogP contribution is 2.20. The first-order chi connectivity index (χ1) is 7.28. The Kier molecular flexibility index (Phi) is 3.97. The zero-order chi connectivity index (χ0) is 12.3. The molecule has 0 radical (unpaired) electrons. The number of likely N-dealkylation sites (tertiary alicyclic amines) is 1. The van der Waals surface area contributed by atoms with Crippen molar-refractivity contribution in [1.29, 1.82) is 0 Å². The third-order valence-electron chi connectivity index (χ3n) is 2.25. The van der Waals surface area contributed by atoms with Crippen molar-refractivity contribution in [2.45, 2.75) is 39.3 Å². The summed E-state index contributed by atoms with van der Waals surface area (Å²) < 4.78 is 5.25. The van der Waals surface area contributed by atoms with Gasteiger partial charge in [-0.2, -0.15) is 0 Å². The van der Waals surface area contributed by atoms with E-state index in [1.807, 2.05) is 33.8 Å². The van der Waals surface area contributed by atoms with E-state index in [9.17, 15) is 4.79 Å². The lowest BCUT2D eigenvalue weighted by Gasteiger charge is -2.38. The SMILES string of the molecule is CC(N)/C=C/C1CN(C(=O)OC(C)(C)C)C1. The fourth-order valence-corrected chi connectivity index (χ4v) is 1.44. The van der Waals surface area contributed by atoms with Gasteiger partial charge in [0.1, 0.15) is 5.60 Å². The van der Waals surface area contributed by atoms with Gasteiger partial charge in [-0.1, -0.05) is 12.2 Å². The molecule has 1 unspecified atom stereocenters. The lowest BCUT2D eigenvalue weighted by molar-refractivity contribution is 0.00490. The maximum Gasteiger partial charge on any atom is 0.410 e. The third-order valence-corrected chi connectivity index (χ3v) is 2.25. The van der Waals surface area contributed by atoms with Gasteiger partial charge in [0.15, 0.2) is 0 Å². The molecule has 1 amide bonds. The molecule has 0 aliphatic carbocycles. The highest BCUT2D eigenvalue weighted by molar-refractivity contribution is 5.69. The first kappa shape index (κ1) is 13.0. The zero-order valence-corrected chi connectivity index (χ0v) is 10.6. The summed E-state index contributed by atoms with van der Waals surface area (Å²) in [6, 6.07) is 0.0792. The molecule has 1 rings (SSSR count). The van der Waals surface area contributed by atoms with Gasteiger partial charge in [0, 0.05) is 25.0 Å². The van der Waals surface area contributed by atoms with Crippen molar-refractivity contribution >= 4 is 6.09 Å². The van der Waals surface area contributed by atoms with Crippen LogP contribution in [0.2, 0.25) is 0 Å². The number of amides is 1. The molecule has 2 N–H and O–H groups in total. The molecular weight excluding hydrogens is 204 g/mol. The molecule has 92 valence electrons. The monoisotopic (exact) mass is 226 g/mol. The lowest BCUT2D eigenvalue weighted by atomic mass is 10.00. The van der Waals surface area contributed by atoms with Crippen LogP contribution in [-0.4, -0.2) is 35.7 Å². The van der Waals surface area contributed by atoms with E-state index in [1.165, 1.54) is 0 Å². The predicted octanol–water partition coefficient (Wildman–Crippen LogP) is 1.76. The minimum atomic E-state index is -0.413. The second-order valence-electron chi connectivity index (χ2n) is 5.39. The van der Waals surface area contributed by atoms with Gasteiger partial charge in [-0.25, -0.2) is 4.79 Å². The second kappa shape index (κ2) is 4.87. The van der Waals surface area contributed by atoms with Gasteiger partial charge in [0.2, 0.25) is 0 Å². The molecule has 1 aliphatic heterocycles. The molecule has 0 saturated carbocycles. The van der Waals surface area contributed by atoms with Gasteiger partial charge in [-0.3, -0.25) is 0 Å². The van der Waals surface area contributed by atoms with E-state index in [0.717, 1.165) is 13.1 Å². The molecule has 1 fully saturated rings. The normalized spacial score (nSPS) is 19.7. The van der Waals surface area contributed by atoms with Crippen LogP contribution in [0.5, 0.6) is 0 Å². The summed E-state index contributed by atoms with van der Waals surface area (Å²) in [6.07, 6.45) is 3.82. The van der Waals surface area contributed by atoms with Crippen molar-refractivity contribution in [3.63, 3.8) is 0 Å². The number of rotatable bonds is 2. The molecule has 0 aromatic carbocycles. The molecule has 4 heteroatoms. The maximum atomic E-state index is 11.6. The van der Waals surface area contributed by atoms with Crippen molar-refractivity contribution in [2.75, 3.05) is 13.1 Å². The van der Waals surface area contributed by atoms with Crippen molar-refractivity contribution in [1.82, 2.24) is 4.90 Å². The van der Waals surface area contributed by atoms with Crippen LogP contribution in [0.3, 0.4) is 0 Å². The van der Waals surface area contributed by atoms with Crippen molar-refractivity contribution in [3.05, 3.63) is 12.2 Å². The van der Waals surface area contributed by atoms with E-state index in [2.05, 4.69) is 6.08 Å². The van der Waals surface area contributed by atoms with Crippen LogP contribution in [0.4, 0.5) is 4.79 Å². The molecule has 4 nitrogen and oxygen atoms in total. The molecular formula is C12H22N2O2. The summed E-state index contributed by atoms with van der Waals surface area (Å²) in [5.41, 5.74) is 5.19. The molecule has 1 aliphatic rings. The average Bonchev–Trinajstić information content (AvgIpc) is 1.96. The van der Waals surface area contributed by atoms with Gasteiger partial charge < -0.3 is 15.4 Å². The first-order valence-corrected chi connectivity index (χ1v) is 5.70. The van der Waals surface area contributed by atoms with Crippen molar-refractivity contribution in [3.8, 4) is 0 Å². The summed E-state index contributed by atoms with van der Waals surface area (Å²) in [6.45, 7) is 9.02. The summed E-state index contributed by atoms with van der Waals surface area (Å²) in [7, 11) is 0. The zero-order valence-electron chi connectivity index (χ0n) is 10.6. The molecule has 0 spiro atoms. The van der Waals surface area contributed by atoms with E-state index in [0.29, 0.717) is 5.92 Å². The quantitative estimate of drug-likeness (QED) is 0.730. The van der Waals surface area contributed by atoms with Gasteiger partial charge in [-0.05, 0) is 27.7 Å². The second-order valence-corrected chi connectivity index (χ2v) is 5.39. The summed E-state index contributed by atoms with van der Waals surface area (Å²) in [5.74, 6) is 0.429. The molecule has 0 aromatic rings. The van der Waals surface area contributed by atoms with E-state index >= 15 is 0 Å². The Morgan fingerprint density at radius 1 is 1.50 bits per heavy atom. The first-order valence-electron chi connectivity index (χ1n) is 5.70.